The van der Waals surface area contributed by atoms with Crippen molar-refractivity contribution in [3.05, 3.63) is 23.8 Å². The Bertz CT molecular complexity index is 546. The number of fused-ring (bicyclic) bond motifs is 1. The van der Waals surface area contributed by atoms with E-state index in [4.69, 9.17) is 4.74 Å². The fraction of sp³-hybridized carbons (Fsp3) is 0.533. The van der Waals surface area contributed by atoms with Crippen molar-refractivity contribution < 1.29 is 14.6 Å². The van der Waals surface area contributed by atoms with Gasteiger partial charge < -0.3 is 15.2 Å². The molecular formula is C15H20N2O3. The summed E-state index contributed by atoms with van der Waals surface area (Å²) in [7, 11) is 2.10. The van der Waals surface area contributed by atoms with Crippen molar-refractivity contribution >= 4 is 11.7 Å². The van der Waals surface area contributed by atoms with Crippen LogP contribution in [0.1, 0.15) is 36.5 Å². The largest absolute Gasteiger partial charge is 0.478 e. The van der Waals surface area contributed by atoms with E-state index in [2.05, 4.69) is 17.3 Å². The van der Waals surface area contributed by atoms with Crippen molar-refractivity contribution in [1.82, 2.24) is 4.90 Å². The molecule has 20 heavy (non-hydrogen) atoms. The van der Waals surface area contributed by atoms with Gasteiger partial charge in [0.2, 0.25) is 0 Å². The van der Waals surface area contributed by atoms with E-state index in [-0.39, 0.29) is 11.6 Å². The highest BCUT2D eigenvalue weighted by Gasteiger charge is 2.45. The van der Waals surface area contributed by atoms with Gasteiger partial charge >= 0.3 is 5.97 Å². The SMILES string of the molecule is CN1CCCCC1C1(C)Nc2c(cccc2C(=O)O)O1. The Morgan fingerprint density at radius 3 is 3.00 bits per heavy atom. The predicted molar refractivity (Wildman–Crippen MR) is 76.3 cm³/mol. The maximum Gasteiger partial charge on any atom is 0.337 e. The van der Waals surface area contributed by atoms with Crippen LogP contribution in [0.3, 0.4) is 0 Å². The summed E-state index contributed by atoms with van der Waals surface area (Å²) >= 11 is 0. The molecule has 5 heteroatoms. The number of para-hydroxylation sites is 1. The summed E-state index contributed by atoms with van der Waals surface area (Å²) in [5.41, 5.74) is 0.300. The Balaban J connectivity index is 1.92. The first-order chi connectivity index (χ1) is 9.51. The molecule has 1 aromatic carbocycles. The van der Waals surface area contributed by atoms with Crippen molar-refractivity contribution in [2.24, 2.45) is 0 Å². The number of anilines is 1. The smallest absolute Gasteiger partial charge is 0.337 e. The number of benzene rings is 1. The molecule has 3 rings (SSSR count). The van der Waals surface area contributed by atoms with E-state index in [1.165, 1.54) is 12.8 Å². The van der Waals surface area contributed by atoms with Crippen LogP contribution < -0.4 is 10.1 Å². The maximum absolute atomic E-state index is 11.3. The highest BCUT2D eigenvalue weighted by atomic mass is 16.5. The van der Waals surface area contributed by atoms with Crippen molar-refractivity contribution in [2.75, 3.05) is 18.9 Å². The van der Waals surface area contributed by atoms with Gasteiger partial charge in [-0.25, -0.2) is 4.79 Å². The molecule has 0 saturated carbocycles. The van der Waals surface area contributed by atoms with E-state index in [1.54, 1.807) is 12.1 Å². The minimum absolute atomic E-state index is 0.241. The number of likely N-dealkylation sites (tertiary alicyclic amines) is 1. The monoisotopic (exact) mass is 276 g/mol. The van der Waals surface area contributed by atoms with Crippen LogP contribution in [0.4, 0.5) is 5.69 Å². The van der Waals surface area contributed by atoms with Crippen LogP contribution in [-0.2, 0) is 0 Å². The lowest BCUT2D eigenvalue weighted by molar-refractivity contribution is 0.0117. The Morgan fingerprint density at radius 1 is 1.50 bits per heavy atom. The van der Waals surface area contributed by atoms with Gasteiger partial charge in [0.25, 0.3) is 0 Å². The first-order valence-electron chi connectivity index (χ1n) is 7.05. The van der Waals surface area contributed by atoms with Crippen molar-refractivity contribution in [3.63, 3.8) is 0 Å². The molecule has 2 unspecified atom stereocenters. The quantitative estimate of drug-likeness (QED) is 0.868. The molecule has 2 N–H and O–H groups in total. The van der Waals surface area contributed by atoms with Gasteiger partial charge in [-0.05, 0) is 45.5 Å². The summed E-state index contributed by atoms with van der Waals surface area (Å²) in [5.74, 6) is -0.300. The Labute approximate surface area is 118 Å². The van der Waals surface area contributed by atoms with E-state index < -0.39 is 11.7 Å². The molecule has 2 heterocycles. The molecule has 0 aliphatic carbocycles. The zero-order valence-electron chi connectivity index (χ0n) is 11.8. The van der Waals surface area contributed by atoms with Crippen LogP contribution in [0.25, 0.3) is 0 Å². The molecule has 108 valence electrons. The highest BCUT2D eigenvalue weighted by molar-refractivity contribution is 5.96. The minimum Gasteiger partial charge on any atom is -0.478 e. The maximum atomic E-state index is 11.3. The van der Waals surface area contributed by atoms with E-state index in [9.17, 15) is 9.90 Å². The number of hydrogen-bond acceptors (Lipinski definition) is 4. The molecule has 1 saturated heterocycles. The second-order valence-electron chi connectivity index (χ2n) is 5.81. The van der Waals surface area contributed by atoms with Gasteiger partial charge in [0.15, 0.2) is 5.72 Å². The van der Waals surface area contributed by atoms with Crippen LogP contribution in [0.2, 0.25) is 0 Å². The fourth-order valence-corrected chi connectivity index (χ4v) is 3.35. The van der Waals surface area contributed by atoms with Gasteiger partial charge in [-0.3, -0.25) is 4.90 Å². The van der Waals surface area contributed by atoms with Crippen molar-refractivity contribution in [1.29, 1.82) is 0 Å². The van der Waals surface area contributed by atoms with E-state index >= 15 is 0 Å². The summed E-state index contributed by atoms with van der Waals surface area (Å²) in [6.45, 7) is 3.05. The zero-order chi connectivity index (χ0) is 14.3. The fourth-order valence-electron chi connectivity index (χ4n) is 3.35. The van der Waals surface area contributed by atoms with Gasteiger partial charge in [-0.15, -0.1) is 0 Å². The third kappa shape index (κ3) is 2.02. The molecule has 2 aliphatic rings. The first kappa shape index (κ1) is 13.2. The van der Waals surface area contributed by atoms with Crippen molar-refractivity contribution in [3.8, 4) is 5.75 Å². The van der Waals surface area contributed by atoms with Gasteiger partial charge in [-0.2, -0.15) is 0 Å². The number of rotatable bonds is 2. The third-order valence-electron chi connectivity index (χ3n) is 4.36. The summed E-state index contributed by atoms with van der Waals surface area (Å²) < 4.78 is 6.08. The Kier molecular flexibility index (Phi) is 3.09. The second kappa shape index (κ2) is 4.66. The zero-order valence-corrected chi connectivity index (χ0v) is 11.8. The van der Waals surface area contributed by atoms with Crippen LogP contribution in [0.5, 0.6) is 5.75 Å². The molecule has 1 aromatic rings. The summed E-state index contributed by atoms with van der Waals surface area (Å²) in [6, 6.07) is 5.39. The molecule has 0 bridgehead atoms. The lowest BCUT2D eigenvalue weighted by Crippen LogP contribution is -2.57. The Morgan fingerprint density at radius 2 is 2.30 bits per heavy atom. The first-order valence-corrected chi connectivity index (χ1v) is 7.05. The molecule has 0 aromatic heterocycles. The molecule has 5 nitrogen and oxygen atoms in total. The number of carboxylic acid groups (broad SMARTS) is 1. The number of ether oxygens (including phenoxy) is 1. The van der Waals surface area contributed by atoms with E-state index in [0.717, 1.165) is 13.0 Å². The standard InChI is InChI=1S/C15H20N2O3/c1-15(12-8-3-4-9-17(12)2)16-13-10(14(18)19)6-5-7-11(13)20-15/h5-7,12,16H,3-4,8-9H2,1-2H3,(H,18,19). The lowest BCUT2D eigenvalue weighted by Gasteiger charge is -2.42. The topological polar surface area (TPSA) is 61.8 Å². The number of carbonyl (C=O) groups is 1. The van der Waals surface area contributed by atoms with Crippen LogP contribution in [-0.4, -0.2) is 41.3 Å². The third-order valence-corrected chi connectivity index (χ3v) is 4.36. The molecular weight excluding hydrogens is 256 g/mol. The van der Waals surface area contributed by atoms with Gasteiger partial charge in [0.05, 0.1) is 17.3 Å². The lowest BCUT2D eigenvalue weighted by atomic mass is 9.94. The normalized spacial score (nSPS) is 29.4. The van der Waals surface area contributed by atoms with E-state index in [0.29, 0.717) is 11.4 Å². The highest BCUT2D eigenvalue weighted by Crippen LogP contribution is 2.42. The van der Waals surface area contributed by atoms with E-state index in [1.807, 2.05) is 13.0 Å². The second-order valence-corrected chi connectivity index (χ2v) is 5.81. The van der Waals surface area contributed by atoms with Gasteiger partial charge in [0, 0.05) is 0 Å². The predicted octanol–water partition coefficient (Wildman–Crippen LogP) is 2.39. The van der Waals surface area contributed by atoms with Crippen LogP contribution in [0, 0.1) is 0 Å². The summed E-state index contributed by atoms with van der Waals surface area (Å²) in [5, 5.41) is 12.6. The summed E-state index contributed by atoms with van der Waals surface area (Å²) in [4.78, 5) is 13.6. The molecule has 0 spiro atoms. The van der Waals surface area contributed by atoms with Gasteiger partial charge in [0.1, 0.15) is 5.75 Å². The van der Waals surface area contributed by atoms with Crippen LogP contribution in [0.15, 0.2) is 18.2 Å². The average molecular weight is 276 g/mol. The van der Waals surface area contributed by atoms with Gasteiger partial charge in [-0.1, -0.05) is 12.5 Å². The molecule has 2 aliphatic heterocycles. The molecule has 2 atom stereocenters. The molecule has 0 radical (unpaired) electrons. The molecule has 1 fully saturated rings. The number of hydrogen-bond donors (Lipinski definition) is 2. The van der Waals surface area contributed by atoms with Crippen LogP contribution >= 0.6 is 0 Å². The Hall–Kier alpha value is -1.75. The number of aromatic carboxylic acids is 1. The molecule has 0 amide bonds. The number of nitrogens with zero attached hydrogens (tertiary/aromatic N) is 1. The van der Waals surface area contributed by atoms with Crippen molar-refractivity contribution in [2.45, 2.75) is 38.0 Å². The average Bonchev–Trinajstić information content (AvgIpc) is 2.75. The summed E-state index contributed by atoms with van der Waals surface area (Å²) in [6.07, 6.45) is 3.44. The minimum atomic E-state index is -0.931. The number of likely N-dealkylation sites (N-methyl/N-ethyl adjacent to an activating group) is 1. The number of nitrogens with one attached hydrogen (secondary N) is 1. The number of piperidine rings is 1. The number of carboxylic acids is 1.